The second kappa shape index (κ2) is 9.53. The van der Waals surface area contributed by atoms with Crippen LogP contribution in [0.5, 0.6) is 0 Å². The van der Waals surface area contributed by atoms with Gasteiger partial charge in [-0.2, -0.15) is 0 Å². The van der Waals surface area contributed by atoms with E-state index < -0.39 is 11.8 Å². The minimum absolute atomic E-state index is 0.148. The summed E-state index contributed by atoms with van der Waals surface area (Å²) in [7, 11) is 0. The van der Waals surface area contributed by atoms with Crippen LogP contribution in [0.2, 0.25) is 0 Å². The van der Waals surface area contributed by atoms with E-state index in [4.69, 9.17) is 5.11 Å². The van der Waals surface area contributed by atoms with Gasteiger partial charge in [-0.1, -0.05) is 68.0 Å². The average molecular weight is 407 g/mol. The summed E-state index contributed by atoms with van der Waals surface area (Å²) >= 11 is 0. The highest BCUT2D eigenvalue weighted by Gasteiger charge is 2.37. The normalized spacial score (nSPS) is 17.7. The molecule has 3 rings (SSSR count). The Hall–Kier alpha value is -3.21. The molecule has 0 aromatic heterocycles. The van der Waals surface area contributed by atoms with Gasteiger partial charge in [-0.25, -0.2) is 9.18 Å². The molecule has 4 nitrogen and oxygen atoms in total. The fraction of sp³-hybridized carbons (Fsp3) is 0.280. The van der Waals surface area contributed by atoms with Crippen molar-refractivity contribution in [1.82, 2.24) is 4.90 Å². The Labute approximate surface area is 176 Å². The first kappa shape index (κ1) is 21.5. The molecule has 1 unspecified atom stereocenters. The molecule has 0 saturated heterocycles. The summed E-state index contributed by atoms with van der Waals surface area (Å²) in [5, 5.41) is 9.02. The van der Waals surface area contributed by atoms with Gasteiger partial charge in [0.1, 0.15) is 0 Å². The van der Waals surface area contributed by atoms with E-state index in [2.05, 4.69) is 0 Å². The van der Waals surface area contributed by atoms with E-state index in [0.717, 1.165) is 29.5 Å². The second-order valence-corrected chi connectivity index (χ2v) is 7.47. The first-order chi connectivity index (χ1) is 14.4. The summed E-state index contributed by atoms with van der Waals surface area (Å²) in [6, 6.07) is 14.2. The van der Waals surface area contributed by atoms with Gasteiger partial charge in [0.15, 0.2) is 0 Å². The predicted molar refractivity (Wildman–Crippen MR) is 116 cm³/mol. The Bertz CT molecular complexity index is 947. The molecule has 0 radical (unpaired) electrons. The highest BCUT2D eigenvalue weighted by atomic mass is 19.1. The van der Waals surface area contributed by atoms with Crippen molar-refractivity contribution < 1.29 is 19.1 Å². The van der Waals surface area contributed by atoms with Crippen molar-refractivity contribution >= 4 is 11.9 Å². The van der Waals surface area contributed by atoms with Gasteiger partial charge < -0.3 is 10.0 Å². The maximum atomic E-state index is 15.6. The van der Waals surface area contributed by atoms with Crippen LogP contribution in [0.25, 0.3) is 11.1 Å². The predicted octanol–water partition coefficient (Wildman–Crippen LogP) is 5.75. The van der Waals surface area contributed by atoms with E-state index in [1.807, 2.05) is 31.2 Å². The first-order valence-electron chi connectivity index (χ1n) is 10.2. The standard InChI is InChI=1S/C25H26FNO3/c1-2-3-7-23(28)27(25(26)16-5-4-6-17-25)18-19-8-10-20(11-9-19)21-12-14-22(15-13-21)24(29)30/h4-6,8-16H,2-3,7,17-18H2,1H3,(H,29,30). The highest BCUT2D eigenvalue weighted by molar-refractivity contribution is 5.88. The number of amides is 1. The number of hydrogen-bond acceptors (Lipinski definition) is 2. The maximum Gasteiger partial charge on any atom is 0.335 e. The molecule has 1 atom stereocenters. The number of allylic oxidation sites excluding steroid dienone is 2. The lowest BCUT2D eigenvalue weighted by atomic mass is 10.00. The zero-order chi connectivity index (χ0) is 21.6. The van der Waals surface area contributed by atoms with E-state index in [9.17, 15) is 9.59 Å². The molecule has 0 heterocycles. The second-order valence-electron chi connectivity index (χ2n) is 7.47. The lowest BCUT2D eigenvalue weighted by Crippen LogP contribution is -2.47. The fourth-order valence-electron chi connectivity index (χ4n) is 3.46. The third-order valence-corrected chi connectivity index (χ3v) is 5.26. The number of aromatic carboxylic acids is 1. The molecular formula is C25H26FNO3. The Kier molecular flexibility index (Phi) is 6.83. The number of unbranched alkanes of at least 4 members (excludes halogenated alkanes) is 1. The SMILES string of the molecule is CCCCC(=O)N(Cc1ccc(-c2ccc(C(=O)O)cc2)cc1)C1(F)C=CC=CC1. The number of halogens is 1. The van der Waals surface area contributed by atoms with Gasteiger partial charge in [0.25, 0.3) is 0 Å². The molecule has 2 aromatic carbocycles. The molecule has 5 heteroatoms. The summed E-state index contributed by atoms with van der Waals surface area (Å²) in [6.07, 6.45) is 8.72. The van der Waals surface area contributed by atoms with E-state index in [0.29, 0.717) is 6.42 Å². The van der Waals surface area contributed by atoms with E-state index in [1.54, 1.807) is 42.5 Å². The number of carbonyl (C=O) groups excluding carboxylic acids is 1. The Balaban J connectivity index is 1.79. The number of alkyl halides is 1. The molecule has 0 spiro atoms. The average Bonchev–Trinajstić information content (AvgIpc) is 2.76. The van der Waals surface area contributed by atoms with Crippen LogP contribution in [-0.2, 0) is 11.3 Å². The molecule has 0 fully saturated rings. The fourth-order valence-corrected chi connectivity index (χ4v) is 3.46. The number of carbonyl (C=O) groups is 2. The van der Waals surface area contributed by atoms with Crippen LogP contribution in [0.15, 0.2) is 72.8 Å². The molecule has 1 aliphatic carbocycles. The zero-order valence-corrected chi connectivity index (χ0v) is 17.1. The topological polar surface area (TPSA) is 57.6 Å². The lowest BCUT2D eigenvalue weighted by Gasteiger charge is -2.36. The van der Waals surface area contributed by atoms with Crippen molar-refractivity contribution in [1.29, 1.82) is 0 Å². The maximum absolute atomic E-state index is 15.6. The number of nitrogens with zero attached hydrogens (tertiary/aromatic N) is 1. The summed E-state index contributed by atoms with van der Waals surface area (Å²) in [5.41, 5.74) is 2.89. The van der Waals surface area contributed by atoms with Crippen molar-refractivity contribution in [3.05, 3.63) is 84.0 Å². The van der Waals surface area contributed by atoms with Crippen LogP contribution < -0.4 is 0 Å². The van der Waals surface area contributed by atoms with Crippen LogP contribution >= 0.6 is 0 Å². The summed E-state index contributed by atoms with van der Waals surface area (Å²) in [5.74, 6) is -2.96. The van der Waals surface area contributed by atoms with Gasteiger partial charge >= 0.3 is 5.97 Å². The monoisotopic (exact) mass is 407 g/mol. The Morgan fingerprint density at radius 1 is 1.03 bits per heavy atom. The molecule has 1 aliphatic rings. The van der Waals surface area contributed by atoms with Gasteiger partial charge in [0.05, 0.1) is 5.56 Å². The molecule has 0 aliphatic heterocycles. The van der Waals surface area contributed by atoms with Crippen molar-refractivity contribution in [2.75, 3.05) is 0 Å². The lowest BCUT2D eigenvalue weighted by molar-refractivity contribution is -0.143. The third-order valence-electron chi connectivity index (χ3n) is 5.26. The van der Waals surface area contributed by atoms with Crippen LogP contribution in [0.3, 0.4) is 0 Å². The highest BCUT2D eigenvalue weighted by Crippen LogP contribution is 2.30. The number of rotatable bonds is 8. The van der Waals surface area contributed by atoms with Gasteiger partial charge in [0, 0.05) is 19.4 Å². The summed E-state index contributed by atoms with van der Waals surface area (Å²) in [6.45, 7) is 2.20. The number of carboxylic acid groups (broad SMARTS) is 1. The first-order valence-corrected chi connectivity index (χ1v) is 10.2. The Morgan fingerprint density at radius 2 is 1.67 bits per heavy atom. The minimum atomic E-state index is -1.81. The van der Waals surface area contributed by atoms with E-state index in [-0.39, 0.29) is 24.4 Å². The Morgan fingerprint density at radius 3 is 2.20 bits per heavy atom. The number of benzene rings is 2. The minimum Gasteiger partial charge on any atom is -0.478 e. The quantitative estimate of drug-likeness (QED) is 0.567. The van der Waals surface area contributed by atoms with Crippen LogP contribution in [0.1, 0.15) is 48.5 Å². The number of hydrogen-bond donors (Lipinski definition) is 1. The van der Waals surface area contributed by atoms with Gasteiger partial charge in [-0.05, 0) is 41.3 Å². The van der Waals surface area contributed by atoms with Gasteiger partial charge in [-0.3, -0.25) is 4.79 Å². The molecule has 30 heavy (non-hydrogen) atoms. The molecule has 2 aromatic rings. The van der Waals surface area contributed by atoms with Crippen molar-refractivity contribution in [3.63, 3.8) is 0 Å². The molecule has 156 valence electrons. The third kappa shape index (κ3) is 5.03. The van der Waals surface area contributed by atoms with Gasteiger partial charge in [-0.15, -0.1) is 0 Å². The molecule has 1 N–H and O–H groups in total. The largest absolute Gasteiger partial charge is 0.478 e. The van der Waals surface area contributed by atoms with Crippen LogP contribution in [-0.4, -0.2) is 27.7 Å². The smallest absolute Gasteiger partial charge is 0.335 e. The molecule has 0 bridgehead atoms. The van der Waals surface area contributed by atoms with E-state index in [1.165, 1.54) is 11.0 Å². The van der Waals surface area contributed by atoms with Crippen molar-refractivity contribution in [2.45, 2.75) is 44.9 Å². The number of carboxylic acids is 1. The van der Waals surface area contributed by atoms with Crippen molar-refractivity contribution in [2.24, 2.45) is 0 Å². The van der Waals surface area contributed by atoms with Crippen molar-refractivity contribution in [3.8, 4) is 11.1 Å². The van der Waals surface area contributed by atoms with Crippen LogP contribution in [0.4, 0.5) is 4.39 Å². The zero-order valence-electron chi connectivity index (χ0n) is 17.1. The van der Waals surface area contributed by atoms with E-state index >= 15 is 4.39 Å². The van der Waals surface area contributed by atoms with Gasteiger partial charge in [0.2, 0.25) is 11.7 Å². The molecule has 1 amide bonds. The molecule has 0 saturated carbocycles. The summed E-state index contributed by atoms with van der Waals surface area (Å²) in [4.78, 5) is 25.1. The summed E-state index contributed by atoms with van der Waals surface area (Å²) < 4.78 is 15.6. The van der Waals surface area contributed by atoms with Crippen LogP contribution in [0, 0.1) is 0 Å². The molecular weight excluding hydrogens is 381 g/mol.